The molecule has 0 spiro atoms. The molecule has 12 aromatic rings. The van der Waals surface area contributed by atoms with E-state index >= 15 is 0 Å². The summed E-state index contributed by atoms with van der Waals surface area (Å²) < 4.78 is 15.7. The van der Waals surface area contributed by atoms with E-state index in [0.717, 1.165) is 99.6 Å². The molecule has 3 aromatic heterocycles. The molecule has 12 rings (SSSR count). The second-order valence-corrected chi connectivity index (χ2v) is 14.4. The molecule has 0 aliphatic carbocycles. The summed E-state index contributed by atoms with van der Waals surface area (Å²) in [5.74, 6) is 0. The zero-order valence-electron chi connectivity index (χ0n) is 30.2. The Kier molecular flexibility index (Phi) is 6.60. The van der Waals surface area contributed by atoms with Gasteiger partial charge >= 0.3 is 0 Å². The van der Waals surface area contributed by atoms with Crippen molar-refractivity contribution in [2.45, 2.75) is 0 Å². The Morgan fingerprint density at radius 2 is 1.02 bits per heavy atom. The number of rotatable bonds is 5. The third kappa shape index (κ3) is 4.47. The maximum Gasteiger partial charge on any atom is 0.143 e. The predicted molar refractivity (Wildman–Crippen MR) is 233 cm³/mol. The molecule has 0 saturated carbocycles. The lowest BCUT2D eigenvalue weighted by Gasteiger charge is -2.29. The van der Waals surface area contributed by atoms with Crippen molar-refractivity contribution < 1.29 is 8.83 Å². The first kappa shape index (κ1) is 30.9. The van der Waals surface area contributed by atoms with Crippen LogP contribution in [-0.2, 0) is 0 Å². The van der Waals surface area contributed by atoms with Crippen molar-refractivity contribution in [3.8, 4) is 16.8 Å². The van der Waals surface area contributed by atoms with Gasteiger partial charge in [0.1, 0.15) is 22.3 Å². The first-order valence-corrected chi connectivity index (χ1v) is 19.0. The van der Waals surface area contributed by atoms with Crippen molar-refractivity contribution in [2.24, 2.45) is 0 Å². The van der Waals surface area contributed by atoms with E-state index in [-0.39, 0.29) is 0 Å². The summed E-state index contributed by atoms with van der Waals surface area (Å²) in [6.45, 7) is 0. The summed E-state index contributed by atoms with van der Waals surface area (Å²) in [4.78, 5) is 2.41. The van der Waals surface area contributed by atoms with Gasteiger partial charge in [0.2, 0.25) is 0 Å². The summed E-state index contributed by atoms with van der Waals surface area (Å²) in [6, 6.07) is 69.0. The molecule has 0 aliphatic heterocycles. The SMILES string of the molecule is c1cc(-c2cccc3c2oc2ccccc23)cc(N(c2ccccc2-n2c3ccccc3c3ccccc32)c2cccc3oc4c5ccccc5ccc4c23)c1. The molecule has 0 bridgehead atoms. The Morgan fingerprint density at radius 1 is 0.393 bits per heavy atom. The van der Waals surface area contributed by atoms with Gasteiger partial charge in [-0.1, -0.05) is 133 Å². The number of fused-ring (bicyclic) bond motifs is 11. The average molecular weight is 717 g/mol. The fourth-order valence-corrected chi connectivity index (χ4v) is 8.94. The minimum absolute atomic E-state index is 0.844. The average Bonchev–Trinajstić information content (AvgIpc) is 3.94. The molecule has 0 atom stereocenters. The highest BCUT2D eigenvalue weighted by Crippen LogP contribution is 2.48. The normalized spacial score (nSPS) is 11.9. The number of aromatic nitrogens is 1. The lowest BCUT2D eigenvalue weighted by atomic mass is 10.0. The van der Waals surface area contributed by atoms with Crippen LogP contribution in [0.3, 0.4) is 0 Å². The lowest BCUT2D eigenvalue weighted by molar-refractivity contribution is 0.670. The van der Waals surface area contributed by atoms with Crippen LogP contribution in [-0.4, -0.2) is 4.57 Å². The third-order valence-corrected chi connectivity index (χ3v) is 11.4. The van der Waals surface area contributed by atoms with Gasteiger partial charge in [-0.05, 0) is 71.6 Å². The van der Waals surface area contributed by atoms with E-state index in [0.29, 0.717) is 0 Å². The van der Waals surface area contributed by atoms with Gasteiger partial charge in [-0.15, -0.1) is 0 Å². The first-order chi connectivity index (χ1) is 27.8. The molecule has 3 heterocycles. The van der Waals surface area contributed by atoms with E-state index < -0.39 is 0 Å². The maximum absolute atomic E-state index is 6.77. The van der Waals surface area contributed by atoms with Gasteiger partial charge in [-0.25, -0.2) is 0 Å². The number of furan rings is 2. The molecular formula is C52H32N2O2. The quantitative estimate of drug-likeness (QED) is 0.178. The van der Waals surface area contributed by atoms with Crippen LogP contribution < -0.4 is 4.90 Å². The van der Waals surface area contributed by atoms with Crippen molar-refractivity contribution in [2.75, 3.05) is 4.90 Å². The maximum atomic E-state index is 6.77. The summed E-state index contributed by atoms with van der Waals surface area (Å²) in [5, 5.41) is 9.08. The van der Waals surface area contributed by atoms with Crippen LogP contribution in [0.25, 0.3) is 93.3 Å². The van der Waals surface area contributed by atoms with Crippen LogP contribution in [0.2, 0.25) is 0 Å². The van der Waals surface area contributed by atoms with E-state index in [1.165, 1.54) is 10.8 Å². The van der Waals surface area contributed by atoms with Gasteiger partial charge in [0.25, 0.3) is 0 Å². The number of para-hydroxylation sites is 6. The molecule has 0 saturated heterocycles. The Bertz CT molecular complexity index is 3460. The highest BCUT2D eigenvalue weighted by molar-refractivity contribution is 6.20. The van der Waals surface area contributed by atoms with E-state index in [1.54, 1.807) is 0 Å². The fraction of sp³-hybridized carbons (Fsp3) is 0. The molecule has 4 nitrogen and oxygen atoms in total. The molecular weight excluding hydrogens is 685 g/mol. The Labute approximate surface area is 321 Å². The summed E-state index contributed by atoms with van der Waals surface area (Å²) in [5.41, 5.74) is 12.1. The molecule has 9 aromatic carbocycles. The van der Waals surface area contributed by atoms with Crippen molar-refractivity contribution in [3.05, 3.63) is 194 Å². The van der Waals surface area contributed by atoms with Gasteiger partial charge < -0.3 is 18.3 Å². The Morgan fingerprint density at radius 3 is 1.88 bits per heavy atom. The minimum atomic E-state index is 0.844. The van der Waals surface area contributed by atoms with Crippen LogP contribution in [0, 0.1) is 0 Å². The summed E-state index contributed by atoms with van der Waals surface area (Å²) >= 11 is 0. The molecule has 0 fully saturated rings. The topological polar surface area (TPSA) is 34.5 Å². The fourth-order valence-electron chi connectivity index (χ4n) is 8.94. The van der Waals surface area contributed by atoms with E-state index in [2.05, 4.69) is 191 Å². The van der Waals surface area contributed by atoms with Crippen LogP contribution in [0.5, 0.6) is 0 Å². The Hall–Kier alpha value is -7.56. The van der Waals surface area contributed by atoms with Gasteiger partial charge in [0.05, 0.1) is 33.5 Å². The number of hydrogen-bond acceptors (Lipinski definition) is 3. The van der Waals surface area contributed by atoms with Crippen molar-refractivity contribution in [1.82, 2.24) is 4.57 Å². The molecule has 4 heteroatoms. The molecule has 0 radical (unpaired) electrons. The zero-order chi connectivity index (χ0) is 36.7. The first-order valence-electron chi connectivity index (χ1n) is 19.0. The summed E-state index contributed by atoms with van der Waals surface area (Å²) in [6.07, 6.45) is 0. The largest absolute Gasteiger partial charge is 0.455 e. The number of hydrogen-bond donors (Lipinski definition) is 0. The molecule has 0 N–H and O–H groups in total. The van der Waals surface area contributed by atoms with Crippen LogP contribution >= 0.6 is 0 Å². The van der Waals surface area contributed by atoms with Gasteiger partial charge in [0, 0.05) is 43.6 Å². The Balaban J connectivity index is 1.16. The van der Waals surface area contributed by atoms with Crippen LogP contribution in [0.15, 0.2) is 203 Å². The predicted octanol–water partition coefficient (Wildman–Crippen LogP) is 14.9. The molecule has 0 aliphatic rings. The van der Waals surface area contributed by atoms with Crippen molar-refractivity contribution >= 4 is 93.5 Å². The number of nitrogens with zero attached hydrogens (tertiary/aromatic N) is 2. The summed E-state index contributed by atoms with van der Waals surface area (Å²) in [7, 11) is 0. The molecule has 56 heavy (non-hydrogen) atoms. The van der Waals surface area contributed by atoms with Gasteiger partial charge in [-0.3, -0.25) is 0 Å². The van der Waals surface area contributed by atoms with E-state index in [9.17, 15) is 0 Å². The standard InChI is InChI=1S/C52H32N2O2/c1-2-17-36-33(14-1)30-31-42-50-47(27-13-29-49(50)56-52(36)42)53(35-16-11-15-34(32-35)37-21-12-22-41-40-20-5-10-28-48(40)55-51(37)41)45-25-8-9-26-46(45)54-43-23-6-3-18-38(43)39-19-4-7-24-44(39)54/h1-32H. The van der Waals surface area contributed by atoms with Crippen LogP contribution in [0.4, 0.5) is 17.1 Å². The molecule has 0 amide bonds. The highest BCUT2D eigenvalue weighted by atomic mass is 16.3. The van der Waals surface area contributed by atoms with Crippen molar-refractivity contribution in [1.29, 1.82) is 0 Å². The van der Waals surface area contributed by atoms with E-state index in [1.807, 2.05) is 12.1 Å². The lowest BCUT2D eigenvalue weighted by Crippen LogP contribution is -2.13. The second kappa shape index (κ2) is 12.0. The van der Waals surface area contributed by atoms with Gasteiger partial charge in [0.15, 0.2) is 0 Å². The van der Waals surface area contributed by atoms with Crippen LogP contribution in [0.1, 0.15) is 0 Å². The van der Waals surface area contributed by atoms with Gasteiger partial charge in [-0.2, -0.15) is 0 Å². The zero-order valence-corrected chi connectivity index (χ0v) is 30.2. The highest BCUT2D eigenvalue weighted by Gasteiger charge is 2.25. The monoisotopic (exact) mass is 716 g/mol. The molecule has 262 valence electrons. The number of anilines is 3. The molecule has 0 unspecified atom stereocenters. The third-order valence-electron chi connectivity index (χ3n) is 11.4. The smallest absolute Gasteiger partial charge is 0.143 e. The minimum Gasteiger partial charge on any atom is -0.455 e. The van der Waals surface area contributed by atoms with E-state index in [4.69, 9.17) is 8.83 Å². The van der Waals surface area contributed by atoms with Crippen molar-refractivity contribution in [3.63, 3.8) is 0 Å². The number of benzene rings is 9. The second-order valence-electron chi connectivity index (χ2n) is 14.4.